The van der Waals surface area contributed by atoms with Crippen molar-refractivity contribution in [3.63, 3.8) is 0 Å². The van der Waals surface area contributed by atoms with Gasteiger partial charge < -0.3 is 5.32 Å². The summed E-state index contributed by atoms with van der Waals surface area (Å²) in [6, 6.07) is 11.6. The van der Waals surface area contributed by atoms with Crippen molar-refractivity contribution < 1.29 is 0 Å². The molecule has 2 heterocycles. The maximum atomic E-state index is 3.52. The molecule has 1 aliphatic heterocycles. The summed E-state index contributed by atoms with van der Waals surface area (Å²) in [7, 11) is 0. The van der Waals surface area contributed by atoms with Crippen LogP contribution in [0, 0.1) is 6.92 Å². The van der Waals surface area contributed by atoms with Crippen LogP contribution in [0.3, 0.4) is 0 Å². The molecule has 0 saturated heterocycles. The van der Waals surface area contributed by atoms with Crippen LogP contribution in [0.5, 0.6) is 0 Å². The van der Waals surface area contributed by atoms with Gasteiger partial charge >= 0.3 is 0 Å². The third kappa shape index (κ3) is 2.03. The molecule has 0 amide bonds. The molecule has 3 rings (SSSR count). The van der Waals surface area contributed by atoms with Gasteiger partial charge in [-0.2, -0.15) is 0 Å². The summed E-state index contributed by atoms with van der Waals surface area (Å²) in [5, 5.41) is 3.52. The van der Waals surface area contributed by atoms with Gasteiger partial charge in [0.2, 0.25) is 0 Å². The van der Waals surface area contributed by atoms with Crippen molar-refractivity contribution in [2.75, 3.05) is 0 Å². The molecule has 17 heavy (non-hydrogen) atoms. The average molecular weight is 243 g/mol. The summed E-state index contributed by atoms with van der Waals surface area (Å²) >= 11 is 1.97. The Hall–Kier alpha value is -1.12. The maximum absolute atomic E-state index is 3.52. The Morgan fingerprint density at radius 1 is 1.29 bits per heavy atom. The fraction of sp³-hybridized carbons (Fsp3) is 0.333. The first-order valence-corrected chi connectivity index (χ1v) is 6.96. The zero-order valence-electron chi connectivity index (χ0n) is 10.3. The monoisotopic (exact) mass is 243 g/mol. The lowest BCUT2D eigenvalue weighted by atomic mass is 10.0. The molecule has 0 fully saturated rings. The van der Waals surface area contributed by atoms with Crippen LogP contribution >= 0.6 is 11.3 Å². The molecule has 1 N–H and O–H groups in total. The standard InChI is InChI=1S/C15H17NS/c1-10-5-3-4-6-13(10)15-8-12-9-16-11(2)7-14(12)17-15/h3-6,8,11,16H,7,9H2,1-2H3. The largest absolute Gasteiger partial charge is 0.310 e. The van der Waals surface area contributed by atoms with Crippen molar-refractivity contribution in [3.05, 3.63) is 46.3 Å². The van der Waals surface area contributed by atoms with E-state index in [0.29, 0.717) is 6.04 Å². The predicted molar refractivity (Wildman–Crippen MR) is 74.5 cm³/mol. The normalized spacial score (nSPS) is 19.1. The van der Waals surface area contributed by atoms with Crippen LogP contribution in [0.2, 0.25) is 0 Å². The number of nitrogens with one attached hydrogen (secondary N) is 1. The number of rotatable bonds is 1. The molecule has 1 unspecified atom stereocenters. The van der Waals surface area contributed by atoms with Crippen molar-refractivity contribution in [2.45, 2.75) is 32.9 Å². The fourth-order valence-electron chi connectivity index (χ4n) is 2.41. The highest BCUT2D eigenvalue weighted by atomic mass is 32.1. The van der Waals surface area contributed by atoms with E-state index in [0.717, 1.165) is 6.54 Å². The van der Waals surface area contributed by atoms with Crippen LogP contribution < -0.4 is 5.32 Å². The van der Waals surface area contributed by atoms with Crippen LogP contribution in [0.1, 0.15) is 22.9 Å². The Morgan fingerprint density at radius 3 is 2.94 bits per heavy atom. The summed E-state index contributed by atoms with van der Waals surface area (Å²) in [4.78, 5) is 2.98. The molecule has 1 aromatic heterocycles. The molecule has 1 aromatic carbocycles. The van der Waals surface area contributed by atoms with Gasteiger partial charge in [0.1, 0.15) is 0 Å². The van der Waals surface area contributed by atoms with E-state index < -0.39 is 0 Å². The van der Waals surface area contributed by atoms with Crippen LogP contribution in [0.4, 0.5) is 0 Å². The summed E-state index contributed by atoms with van der Waals surface area (Å²) in [6.45, 7) is 5.48. The lowest BCUT2D eigenvalue weighted by Gasteiger charge is -2.19. The molecule has 1 nitrogen and oxygen atoms in total. The molecule has 0 aliphatic carbocycles. The Labute approximate surface area is 106 Å². The maximum Gasteiger partial charge on any atom is 0.0351 e. The second-order valence-electron chi connectivity index (χ2n) is 4.86. The third-order valence-electron chi connectivity index (χ3n) is 3.44. The molecule has 0 radical (unpaired) electrons. The first kappa shape index (κ1) is 11.0. The molecule has 0 spiro atoms. The molecule has 88 valence electrons. The summed E-state index contributed by atoms with van der Waals surface area (Å²) in [5.74, 6) is 0. The molecule has 1 aliphatic rings. The van der Waals surface area contributed by atoms with E-state index in [1.165, 1.54) is 28.0 Å². The fourth-order valence-corrected chi connectivity index (χ4v) is 3.81. The molecular weight excluding hydrogens is 226 g/mol. The molecule has 1 atom stereocenters. The SMILES string of the molecule is Cc1ccccc1-c1cc2c(s1)CC(C)NC2. The lowest BCUT2D eigenvalue weighted by Crippen LogP contribution is -2.31. The number of benzene rings is 1. The van der Waals surface area contributed by atoms with Crippen molar-refractivity contribution >= 4 is 11.3 Å². The second-order valence-corrected chi connectivity index (χ2v) is 6.00. The van der Waals surface area contributed by atoms with Gasteiger partial charge in [-0.25, -0.2) is 0 Å². The van der Waals surface area contributed by atoms with E-state index in [1.54, 1.807) is 4.88 Å². The molecule has 0 saturated carbocycles. The number of aryl methyl sites for hydroxylation is 1. The zero-order valence-corrected chi connectivity index (χ0v) is 11.1. The molecule has 2 aromatic rings. The van der Waals surface area contributed by atoms with Crippen molar-refractivity contribution in [1.82, 2.24) is 5.32 Å². The number of thiophene rings is 1. The van der Waals surface area contributed by atoms with Gasteiger partial charge in [0, 0.05) is 22.3 Å². The topological polar surface area (TPSA) is 12.0 Å². The van der Waals surface area contributed by atoms with E-state index in [-0.39, 0.29) is 0 Å². The Kier molecular flexibility index (Phi) is 2.77. The average Bonchev–Trinajstić information content (AvgIpc) is 2.72. The Bertz CT molecular complexity index is 542. The lowest BCUT2D eigenvalue weighted by molar-refractivity contribution is 0.520. The third-order valence-corrected chi connectivity index (χ3v) is 4.67. The first-order chi connectivity index (χ1) is 8.24. The van der Waals surface area contributed by atoms with E-state index in [9.17, 15) is 0 Å². The quantitative estimate of drug-likeness (QED) is 0.804. The van der Waals surface area contributed by atoms with E-state index in [4.69, 9.17) is 0 Å². The van der Waals surface area contributed by atoms with Crippen molar-refractivity contribution in [2.24, 2.45) is 0 Å². The highest BCUT2D eigenvalue weighted by Crippen LogP contribution is 2.35. The minimum Gasteiger partial charge on any atom is -0.310 e. The smallest absolute Gasteiger partial charge is 0.0351 e. The van der Waals surface area contributed by atoms with E-state index in [1.807, 2.05) is 11.3 Å². The van der Waals surface area contributed by atoms with Crippen LogP contribution in [-0.2, 0) is 13.0 Å². The van der Waals surface area contributed by atoms with E-state index in [2.05, 4.69) is 49.5 Å². The van der Waals surface area contributed by atoms with E-state index >= 15 is 0 Å². The van der Waals surface area contributed by atoms with Crippen LogP contribution in [0.15, 0.2) is 30.3 Å². The van der Waals surface area contributed by atoms with Gasteiger partial charge in [-0.1, -0.05) is 24.3 Å². The number of hydrogen-bond donors (Lipinski definition) is 1. The summed E-state index contributed by atoms with van der Waals surface area (Å²) in [5.41, 5.74) is 4.25. The van der Waals surface area contributed by atoms with Gasteiger partial charge in [0.25, 0.3) is 0 Å². The highest BCUT2D eigenvalue weighted by Gasteiger charge is 2.18. The second kappa shape index (κ2) is 4.28. The zero-order chi connectivity index (χ0) is 11.8. The summed E-state index contributed by atoms with van der Waals surface area (Å²) in [6.07, 6.45) is 1.17. The van der Waals surface area contributed by atoms with Gasteiger partial charge in [-0.05, 0) is 43.0 Å². The first-order valence-electron chi connectivity index (χ1n) is 6.15. The van der Waals surface area contributed by atoms with Gasteiger partial charge in [0.15, 0.2) is 0 Å². The number of hydrogen-bond acceptors (Lipinski definition) is 2. The highest BCUT2D eigenvalue weighted by molar-refractivity contribution is 7.15. The Morgan fingerprint density at radius 2 is 2.12 bits per heavy atom. The van der Waals surface area contributed by atoms with Crippen molar-refractivity contribution in [3.8, 4) is 10.4 Å². The Balaban J connectivity index is 2.03. The van der Waals surface area contributed by atoms with Crippen molar-refractivity contribution in [1.29, 1.82) is 0 Å². The predicted octanol–water partition coefficient (Wildman–Crippen LogP) is 3.76. The number of fused-ring (bicyclic) bond motifs is 1. The molecule has 0 bridgehead atoms. The minimum absolute atomic E-state index is 0.617. The van der Waals surface area contributed by atoms with Gasteiger partial charge in [-0.3, -0.25) is 0 Å². The molecule has 2 heteroatoms. The summed E-state index contributed by atoms with van der Waals surface area (Å²) < 4.78 is 0. The molecular formula is C15H17NS. The van der Waals surface area contributed by atoms with Crippen LogP contribution in [0.25, 0.3) is 10.4 Å². The van der Waals surface area contributed by atoms with Crippen LogP contribution in [-0.4, -0.2) is 6.04 Å². The van der Waals surface area contributed by atoms with Gasteiger partial charge in [-0.15, -0.1) is 11.3 Å². The minimum atomic E-state index is 0.617. The van der Waals surface area contributed by atoms with Gasteiger partial charge in [0.05, 0.1) is 0 Å².